The Morgan fingerprint density at radius 3 is 2.79 bits per heavy atom. The van der Waals surface area contributed by atoms with E-state index in [4.69, 9.17) is 19.5 Å². The Balaban J connectivity index is 1.75. The first-order valence-electron chi connectivity index (χ1n) is 7.33. The number of ether oxygens (including phenoxy) is 3. The van der Waals surface area contributed by atoms with Crippen LogP contribution >= 0.6 is 22.6 Å². The van der Waals surface area contributed by atoms with Crippen LogP contribution in [0, 0.1) is 20.8 Å². The maximum absolute atomic E-state index is 13.6. The van der Waals surface area contributed by atoms with Gasteiger partial charge in [0.2, 0.25) is 5.88 Å². The fourth-order valence-corrected chi connectivity index (χ4v) is 3.93. The summed E-state index contributed by atoms with van der Waals surface area (Å²) in [5.41, 5.74) is 1.86. The van der Waals surface area contributed by atoms with Crippen LogP contribution in [0.1, 0.15) is 23.1 Å². The molecule has 1 aromatic heterocycles. The van der Waals surface area contributed by atoms with E-state index in [9.17, 15) is 4.39 Å². The summed E-state index contributed by atoms with van der Waals surface area (Å²) >= 11 is 2.10. The Bertz CT molecular complexity index is 862. The topological polar surface area (TPSA) is 77.3 Å². The van der Waals surface area contributed by atoms with Gasteiger partial charge in [-0.2, -0.15) is 5.26 Å². The van der Waals surface area contributed by atoms with Gasteiger partial charge in [0, 0.05) is 18.1 Å². The maximum atomic E-state index is 13.6. The maximum Gasteiger partial charge on any atom is 0.242 e. The van der Waals surface area contributed by atoms with Crippen LogP contribution in [0.3, 0.4) is 0 Å². The molecule has 1 aliphatic heterocycles. The fraction of sp³-hybridized carbons (Fsp3) is 0.312. The van der Waals surface area contributed by atoms with Crippen molar-refractivity contribution in [3.8, 4) is 17.7 Å². The molecule has 2 heterocycles. The molecule has 0 radical (unpaired) electrons. The Kier molecular flexibility index (Phi) is 3.86. The van der Waals surface area contributed by atoms with Gasteiger partial charge in [-0.1, -0.05) is 0 Å². The van der Waals surface area contributed by atoms with Crippen molar-refractivity contribution in [2.45, 2.75) is 18.6 Å². The minimum Gasteiger partial charge on any atom is -0.437 e. The molecule has 0 N–H and O–H groups in total. The molecule has 0 atom stereocenters. The number of benzene rings is 1. The largest absolute Gasteiger partial charge is 0.437 e. The standard InChI is InChI=1S/C16H11FIN3O3/c17-10-5-9(8-19)6-11(7-10)24-15-12-1-2-16(22-3-4-23-16)13(12)14(18)20-21-15/h5-7H,1-4H2. The number of aromatic nitrogens is 2. The van der Waals surface area contributed by atoms with E-state index in [1.165, 1.54) is 12.1 Å². The Morgan fingerprint density at radius 2 is 2.04 bits per heavy atom. The van der Waals surface area contributed by atoms with Crippen molar-refractivity contribution in [1.29, 1.82) is 5.26 Å². The average molecular weight is 439 g/mol. The van der Waals surface area contributed by atoms with Gasteiger partial charge in [0.15, 0.2) is 5.79 Å². The molecule has 2 aliphatic rings. The van der Waals surface area contributed by atoms with Gasteiger partial charge >= 0.3 is 0 Å². The summed E-state index contributed by atoms with van der Waals surface area (Å²) in [6.07, 6.45) is 1.32. The van der Waals surface area contributed by atoms with Crippen molar-refractivity contribution in [3.05, 3.63) is 44.4 Å². The Morgan fingerprint density at radius 1 is 1.25 bits per heavy atom. The molecular weight excluding hydrogens is 428 g/mol. The van der Waals surface area contributed by atoms with Crippen molar-refractivity contribution in [2.75, 3.05) is 13.2 Å². The van der Waals surface area contributed by atoms with E-state index in [1.807, 2.05) is 6.07 Å². The highest BCUT2D eigenvalue weighted by molar-refractivity contribution is 14.1. The number of nitrogens with zero attached hydrogens (tertiary/aromatic N) is 3. The third-order valence-corrected chi connectivity index (χ3v) is 4.80. The SMILES string of the molecule is N#Cc1cc(F)cc(Oc2nnc(I)c3c2CCC32OCCO2)c1. The van der Waals surface area contributed by atoms with E-state index in [-0.39, 0.29) is 17.2 Å². The van der Waals surface area contributed by atoms with Crippen molar-refractivity contribution in [2.24, 2.45) is 0 Å². The van der Waals surface area contributed by atoms with Crippen LogP contribution < -0.4 is 4.74 Å². The van der Waals surface area contributed by atoms with Crippen LogP contribution in [0.2, 0.25) is 0 Å². The molecule has 4 rings (SSSR count). The first kappa shape index (κ1) is 15.7. The van der Waals surface area contributed by atoms with Gasteiger partial charge < -0.3 is 14.2 Å². The van der Waals surface area contributed by atoms with Gasteiger partial charge in [-0.05, 0) is 41.1 Å². The van der Waals surface area contributed by atoms with E-state index in [0.29, 0.717) is 29.8 Å². The Labute approximate surface area is 150 Å². The van der Waals surface area contributed by atoms with Crippen molar-refractivity contribution in [1.82, 2.24) is 10.2 Å². The molecule has 0 unspecified atom stereocenters. The number of halogens is 2. The van der Waals surface area contributed by atoms with Crippen LogP contribution in [-0.4, -0.2) is 23.4 Å². The third kappa shape index (κ3) is 2.53. The normalized spacial score (nSPS) is 17.7. The predicted octanol–water partition coefficient (Wildman–Crippen LogP) is 3.03. The van der Waals surface area contributed by atoms with Gasteiger partial charge in [-0.3, -0.25) is 0 Å². The van der Waals surface area contributed by atoms with Crippen LogP contribution in [0.5, 0.6) is 11.6 Å². The Hall–Kier alpha value is -1.83. The average Bonchev–Trinajstić information content (AvgIpc) is 3.19. The fourth-order valence-electron chi connectivity index (χ4n) is 3.09. The smallest absolute Gasteiger partial charge is 0.242 e. The molecule has 2 aromatic rings. The van der Waals surface area contributed by atoms with E-state index in [0.717, 1.165) is 17.2 Å². The molecule has 24 heavy (non-hydrogen) atoms. The summed E-state index contributed by atoms with van der Waals surface area (Å²) in [6.45, 7) is 1.06. The van der Waals surface area contributed by atoms with Gasteiger partial charge in [0.05, 0.1) is 30.4 Å². The molecule has 8 heteroatoms. The summed E-state index contributed by atoms with van der Waals surface area (Å²) in [7, 11) is 0. The molecular formula is C16H11FIN3O3. The van der Waals surface area contributed by atoms with Gasteiger partial charge in [0.1, 0.15) is 15.3 Å². The molecule has 122 valence electrons. The molecule has 1 aliphatic carbocycles. The molecule has 0 saturated carbocycles. The number of fused-ring (bicyclic) bond motifs is 2. The van der Waals surface area contributed by atoms with Gasteiger partial charge in [-0.15, -0.1) is 10.2 Å². The summed E-state index contributed by atoms with van der Waals surface area (Å²) in [4.78, 5) is 0. The van der Waals surface area contributed by atoms with Crippen LogP contribution in [0.15, 0.2) is 18.2 Å². The van der Waals surface area contributed by atoms with Crippen molar-refractivity contribution in [3.63, 3.8) is 0 Å². The lowest BCUT2D eigenvalue weighted by atomic mass is 10.1. The highest BCUT2D eigenvalue weighted by Gasteiger charge is 2.48. The first-order valence-corrected chi connectivity index (χ1v) is 8.41. The highest BCUT2D eigenvalue weighted by atomic mass is 127. The summed E-state index contributed by atoms with van der Waals surface area (Å²) in [6, 6.07) is 5.71. The molecule has 1 saturated heterocycles. The molecule has 1 fully saturated rings. The number of nitriles is 1. The minimum atomic E-state index is -0.778. The van der Waals surface area contributed by atoms with Crippen LogP contribution in [0.4, 0.5) is 4.39 Å². The minimum absolute atomic E-state index is 0.180. The second kappa shape index (κ2) is 5.91. The van der Waals surface area contributed by atoms with E-state index < -0.39 is 11.6 Å². The molecule has 0 bridgehead atoms. The monoisotopic (exact) mass is 439 g/mol. The highest BCUT2D eigenvalue weighted by Crippen LogP contribution is 2.47. The lowest BCUT2D eigenvalue weighted by molar-refractivity contribution is -0.163. The lowest BCUT2D eigenvalue weighted by Gasteiger charge is -2.23. The van der Waals surface area contributed by atoms with Crippen LogP contribution in [0.25, 0.3) is 0 Å². The molecule has 1 spiro atoms. The van der Waals surface area contributed by atoms with Crippen LogP contribution in [-0.2, 0) is 21.7 Å². The first-order chi connectivity index (χ1) is 11.6. The lowest BCUT2D eigenvalue weighted by Crippen LogP contribution is -2.25. The molecule has 0 amide bonds. The number of hydrogen-bond acceptors (Lipinski definition) is 6. The summed E-state index contributed by atoms with van der Waals surface area (Å²) < 4.78 is 31.6. The van der Waals surface area contributed by atoms with E-state index in [1.54, 1.807) is 0 Å². The van der Waals surface area contributed by atoms with E-state index >= 15 is 0 Å². The zero-order valence-electron chi connectivity index (χ0n) is 12.4. The summed E-state index contributed by atoms with van der Waals surface area (Å²) in [5, 5.41) is 17.2. The predicted molar refractivity (Wildman–Crippen MR) is 87.8 cm³/mol. The zero-order chi connectivity index (χ0) is 16.7. The number of hydrogen-bond donors (Lipinski definition) is 0. The molecule has 6 nitrogen and oxygen atoms in total. The van der Waals surface area contributed by atoms with Crippen molar-refractivity contribution < 1.29 is 18.6 Å². The third-order valence-electron chi connectivity index (χ3n) is 4.05. The van der Waals surface area contributed by atoms with Crippen molar-refractivity contribution >= 4 is 22.6 Å². The molecule has 1 aromatic carbocycles. The second-order valence-electron chi connectivity index (χ2n) is 5.49. The van der Waals surface area contributed by atoms with Gasteiger partial charge in [-0.25, -0.2) is 4.39 Å². The van der Waals surface area contributed by atoms with E-state index in [2.05, 4.69) is 32.8 Å². The summed E-state index contributed by atoms with van der Waals surface area (Å²) in [5.74, 6) is -0.827. The van der Waals surface area contributed by atoms with Gasteiger partial charge in [0.25, 0.3) is 0 Å². The zero-order valence-corrected chi connectivity index (χ0v) is 14.5. The quantitative estimate of drug-likeness (QED) is 0.670. The second-order valence-corrected chi connectivity index (χ2v) is 6.51. The number of rotatable bonds is 2.